The molecule has 0 saturated heterocycles. The van der Waals surface area contributed by atoms with Gasteiger partial charge in [0, 0.05) is 0 Å². The molecule has 3 heteroatoms. The predicted octanol–water partition coefficient (Wildman–Crippen LogP) is 0.598. The molecular weight excluding hydrogens is 144 g/mol. The number of fused-ring (bicyclic) bond motifs is 1. The lowest BCUT2D eigenvalue weighted by atomic mass is 10.1. The summed E-state index contributed by atoms with van der Waals surface area (Å²) < 4.78 is 4.31. The van der Waals surface area contributed by atoms with Crippen LogP contribution in [0.4, 0.5) is 0 Å². The monoisotopic (exact) mass is 146 g/mol. The maximum atomic E-state index is 10.8. The minimum absolute atomic E-state index is 0.272. The summed E-state index contributed by atoms with van der Waals surface area (Å²) in [4.78, 5) is 21.6. The Morgan fingerprint density at radius 1 is 1.00 bits per heavy atom. The average Bonchev–Trinajstić information content (AvgIpc) is 2.30. The van der Waals surface area contributed by atoms with E-state index in [4.69, 9.17) is 0 Å². The standard InChI is InChI=1S/C8H2O3/c9-7-5-3-1-2-4-6(5)8(10)11-7/h3-4H. The van der Waals surface area contributed by atoms with E-state index in [1.54, 1.807) is 0 Å². The summed E-state index contributed by atoms with van der Waals surface area (Å²) in [5.41, 5.74) is 0.544. The van der Waals surface area contributed by atoms with Crippen LogP contribution in [-0.2, 0) is 4.74 Å². The van der Waals surface area contributed by atoms with Gasteiger partial charge in [0.05, 0.1) is 11.1 Å². The third-order valence-electron chi connectivity index (χ3n) is 1.43. The van der Waals surface area contributed by atoms with Crippen LogP contribution in [0.25, 0.3) is 0 Å². The van der Waals surface area contributed by atoms with Crippen LogP contribution in [0, 0.1) is 12.1 Å². The van der Waals surface area contributed by atoms with Crippen LogP contribution in [0.5, 0.6) is 0 Å². The fraction of sp³-hybridized carbons (Fsp3) is 0. The molecule has 0 spiro atoms. The van der Waals surface area contributed by atoms with Gasteiger partial charge in [0.2, 0.25) is 0 Å². The van der Waals surface area contributed by atoms with Gasteiger partial charge >= 0.3 is 11.9 Å². The second kappa shape index (κ2) is 1.92. The quantitative estimate of drug-likeness (QED) is 0.397. The maximum Gasteiger partial charge on any atom is 0.346 e. The Kier molecular flexibility index (Phi) is 1.06. The lowest BCUT2D eigenvalue weighted by molar-refractivity contribution is 0.0444. The Hall–Kier alpha value is -1.64. The molecule has 0 aliphatic carbocycles. The molecule has 0 fully saturated rings. The fourth-order valence-electron chi connectivity index (χ4n) is 0.915. The van der Waals surface area contributed by atoms with Gasteiger partial charge in [-0.3, -0.25) is 0 Å². The molecule has 0 saturated carbocycles. The number of hydrogen-bond acceptors (Lipinski definition) is 3. The highest BCUT2D eigenvalue weighted by atomic mass is 16.6. The summed E-state index contributed by atoms with van der Waals surface area (Å²) in [5.74, 6) is -1.20. The van der Waals surface area contributed by atoms with Crippen molar-refractivity contribution in [1.82, 2.24) is 0 Å². The highest BCUT2D eigenvalue weighted by molar-refractivity contribution is 6.14. The van der Waals surface area contributed by atoms with Crippen molar-refractivity contribution >= 4 is 11.9 Å². The SMILES string of the molecule is O=C1OC(=O)c2c[c][c]cc21. The summed E-state index contributed by atoms with van der Waals surface area (Å²) in [6, 6.07) is 7.91. The van der Waals surface area contributed by atoms with E-state index in [9.17, 15) is 9.59 Å². The molecule has 11 heavy (non-hydrogen) atoms. The Balaban J connectivity index is 2.69. The van der Waals surface area contributed by atoms with Crippen molar-refractivity contribution in [3.05, 3.63) is 35.4 Å². The first-order chi connectivity index (χ1) is 5.29. The number of carbonyl (C=O) groups is 2. The number of hydrogen-bond donors (Lipinski definition) is 0. The van der Waals surface area contributed by atoms with E-state index in [0.717, 1.165) is 0 Å². The van der Waals surface area contributed by atoms with E-state index in [0.29, 0.717) is 0 Å². The molecule has 0 atom stereocenters. The van der Waals surface area contributed by atoms with Crippen LogP contribution < -0.4 is 0 Å². The lowest BCUT2D eigenvalue weighted by Gasteiger charge is -1.85. The highest BCUT2D eigenvalue weighted by Crippen LogP contribution is 2.17. The van der Waals surface area contributed by atoms with Gasteiger partial charge in [-0.2, -0.15) is 0 Å². The normalized spacial score (nSPS) is 14.5. The number of rotatable bonds is 0. The molecule has 1 aliphatic rings. The Bertz CT molecular complexity index is 308. The lowest BCUT2D eigenvalue weighted by Crippen LogP contribution is -1.96. The summed E-state index contributed by atoms with van der Waals surface area (Å²) in [5, 5.41) is 0. The van der Waals surface area contributed by atoms with Gasteiger partial charge in [-0.05, 0) is 24.3 Å². The zero-order valence-electron chi connectivity index (χ0n) is 5.38. The van der Waals surface area contributed by atoms with Gasteiger partial charge < -0.3 is 4.74 Å². The number of carbonyl (C=O) groups excluding carboxylic acids is 2. The molecule has 0 unspecified atom stereocenters. The number of ether oxygens (including phenoxy) is 1. The molecule has 1 aromatic carbocycles. The average molecular weight is 146 g/mol. The summed E-state index contributed by atoms with van der Waals surface area (Å²) in [7, 11) is 0. The summed E-state index contributed by atoms with van der Waals surface area (Å²) in [6.45, 7) is 0. The third-order valence-corrected chi connectivity index (χ3v) is 1.43. The van der Waals surface area contributed by atoms with Crippen LogP contribution in [0.3, 0.4) is 0 Å². The highest BCUT2D eigenvalue weighted by Gasteiger charge is 2.28. The third kappa shape index (κ3) is 0.741. The maximum absolute atomic E-state index is 10.8. The first kappa shape index (κ1) is 6.09. The topological polar surface area (TPSA) is 43.4 Å². The first-order valence-electron chi connectivity index (χ1n) is 2.97. The molecule has 52 valence electrons. The van der Waals surface area contributed by atoms with Crippen molar-refractivity contribution in [3.8, 4) is 0 Å². The second-order valence-corrected chi connectivity index (χ2v) is 2.08. The smallest absolute Gasteiger partial charge is 0.346 e. The van der Waals surface area contributed by atoms with Gasteiger partial charge in [0.15, 0.2) is 0 Å². The molecule has 2 rings (SSSR count). The van der Waals surface area contributed by atoms with E-state index >= 15 is 0 Å². The Morgan fingerprint density at radius 3 is 1.91 bits per heavy atom. The van der Waals surface area contributed by atoms with Gasteiger partial charge in [0.1, 0.15) is 0 Å². The fourth-order valence-corrected chi connectivity index (χ4v) is 0.915. The van der Waals surface area contributed by atoms with Crippen LogP contribution in [0.15, 0.2) is 12.1 Å². The molecule has 2 radical (unpaired) electrons. The van der Waals surface area contributed by atoms with E-state index in [1.165, 1.54) is 12.1 Å². The molecule has 1 aliphatic heterocycles. The van der Waals surface area contributed by atoms with Crippen molar-refractivity contribution in [2.24, 2.45) is 0 Å². The summed E-state index contributed by atoms with van der Waals surface area (Å²) in [6.07, 6.45) is 0. The molecule has 0 bridgehead atoms. The van der Waals surface area contributed by atoms with Crippen molar-refractivity contribution in [1.29, 1.82) is 0 Å². The molecule has 0 amide bonds. The first-order valence-corrected chi connectivity index (χ1v) is 2.97. The van der Waals surface area contributed by atoms with Crippen LogP contribution >= 0.6 is 0 Å². The van der Waals surface area contributed by atoms with E-state index in [2.05, 4.69) is 16.9 Å². The minimum Gasteiger partial charge on any atom is -0.386 e. The van der Waals surface area contributed by atoms with E-state index < -0.39 is 11.9 Å². The molecule has 3 nitrogen and oxygen atoms in total. The van der Waals surface area contributed by atoms with Gasteiger partial charge in [-0.25, -0.2) is 9.59 Å². The largest absolute Gasteiger partial charge is 0.386 e. The van der Waals surface area contributed by atoms with Gasteiger partial charge in [-0.1, -0.05) is 0 Å². The Labute approximate surface area is 62.6 Å². The van der Waals surface area contributed by atoms with Crippen LogP contribution in [-0.4, -0.2) is 11.9 Å². The molecule has 1 heterocycles. The van der Waals surface area contributed by atoms with Crippen molar-refractivity contribution < 1.29 is 14.3 Å². The Morgan fingerprint density at radius 2 is 1.45 bits per heavy atom. The van der Waals surface area contributed by atoms with Gasteiger partial charge in [-0.15, -0.1) is 0 Å². The van der Waals surface area contributed by atoms with E-state index in [1.807, 2.05) is 0 Å². The zero-order valence-corrected chi connectivity index (χ0v) is 5.38. The van der Waals surface area contributed by atoms with Gasteiger partial charge in [0.25, 0.3) is 0 Å². The number of esters is 2. The minimum atomic E-state index is -0.602. The zero-order chi connectivity index (χ0) is 7.84. The van der Waals surface area contributed by atoms with Crippen molar-refractivity contribution in [2.45, 2.75) is 0 Å². The van der Waals surface area contributed by atoms with E-state index in [-0.39, 0.29) is 11.1 Å². The predicted molar refractivity (Wildman–Crippen MR) is 33.9 cm³/mol. The summed E-state index contributed by atoms with van der Waals surface area (Å²) >= 11 is 0. The molecular formula is C8H2O3. The second-order valence-electron chi connectivity index (χ2n) is 2.08. The van der Waals surface area contributed by atoms with Crippen molar-refractivity contribution in [3.63, 3.8) is 0 Å². The number of benzene rings is 1. The molecule has 0 N–H and O–H groups in total. The van der Waals surface area contributed by atoms with Crippen molar-refractivity contribution in [2.75, 3.05) is 0 Å². The molecule has 0 aromatic heterocycles. The van der Waals surface area contributed by atoms with Crippen LogP contribution in [0.1, 0.15) is 20.7 Å². The molecule has 1 aromatic rings. The number of cyclic esters (lactones) is 2. The van der Waals surface area contributed by atoms with Crippen LogP contribution in [0.2, 0.25) is 0 Å².